The van der Waals surface area contributed by atoms with Crippen LogP contribution in [0.5, 0.6) is 5.75 Å². The van der Waals surface area contributed by atoms with Crippen LogP contribution in [0.2, 0.25) is 0 Å². The minimum Gasteiger partial charge on any atom is -0.497 e. The van der Waals surface area contributed by atoms with E-state index in [1.165, 1.54) is 31.2 Å². The number of hydrogen-bond acceptors (Lipinski definition) is 1. The maximum Gasteiger partial charge on any atom is 0.119 e. The third-order valence-corrected chi connectivity index (χ3v) is 3.97. The zero-order chi connectivity index (χ0) is 10.7. The Hall–Kier alpha value is -0.500. The van der Waals surface area contributed by atoms with Crippen molar-refractivity contribution in [2.24, 2.45) is 5.92 Å². The van der Waals surface area contributed by atoms with Gasteiger partial charge in [-0.15, -0.1) is 0 Å². The lowest BCUT2D eigenvalue weighted by atomic mass is 9.98. The van der Waals surface area contributed by atoms with E-state index in [0.29, 0.717) is 0 Å². The van der Waals surface area contributed by atoms with Gasteiger partial charge in [-0.3, -0.25) is 0 Å². The van der Waals surface area contributed by atoms with E-state index < -0.39 is 0 Å². The van der Waals surface area contributed by atoms with Gasteiger partial charge in [0.2, 0.25) is 0 Å². The van der Waals surface area contributed by atoms with E-state index in [1.54, 1.807) is 7.11 Å². The summed E-state index contributed by atoms with van der Waals surface area (Å²) in [7, 11) is 1.73. The zero-order valence-corrected chi connectivity index (χ0v) is 10.7. The molecule has 2 heteroatoms. The molecular weight excluding hydrogens is 252 g/mol. The summed E-state index contributed by atoms with van der Waals surface area (Å²) in [6, 6.07) is 8.44. The van der Waals surface area contributed by atoms with Gasteiger partial charge in [0.15, 0.2) is 0 Å². The zero-order valence-electron chi connectivity index (χ0n) is 9.08. The summed E-state index contributed by atoms with van der Waals surface area (Å²) in [6.07, 6.45) is 5.19. The number of alkyl halides is 1. The van der Waals surface area contributed by atoms with Gasteiger partial charge < -0.3 is 4.74 Å². The SMILES string of the molecule is COc1cccc(CC2CCC(Br)C2)c1. The highest BCUT2D eigenvalue weighted by molar-refractivity contribution is 9.09. The molecule has 0 heterocycles. The summed E-state index contributed by atoms with van der Waals surface area (Å²) in [5, 5.41) is 0. The lowest BCUT2D eigenvalue weighted by Crippen LogP contribution is -2.00. The van der Waals surface area contributed by atoms with Crippen LogP contribution in [0.4, 0.5) is 0 Å². The van der Waals surface area contributed by atoms with Crippen LogP contribution in [0, 0.1) is 5.92 Å². The normalized spacial score (nSPS) is 25.5. The van der Waals surface area contributed by atoms with Gasteiger partial charge in [0, 0.05) is 4.83 Å². The van der Waals surface area contributed by atoms with Gasteiger partial charge >= 0.3 is 0 Å². The topological polar surface area (TPSA) is 9.23 Å². The Morgan fingerprint density at radius 3 is 2.93 bits per heavy atom. The van der Waals surface area contributed by atoms with E-state index in [4.69, 9.17) is 4.74 Å². The van der Waals surface area contributed by atoms with Crippen LogP contribution >= 0.6 is 15.9 Å². The average molecular weight is 269 g/mol. The number of ether oxygens (including phenoxy) is 1. The maximum absolute atomic E-state index is 5.23. The van der Waals surface area contributed by atoms with Crippen LogP contribution in [0.1, 0.15) is 24.8 Å². The molecule has 82 valence electrons. The Labute approximate surface area is 100.0 Å². The molecule has 0 amide bonds. The van der Waals surface area contributed by atoms with Crippen molar-refractivity contribution in [1.82, 2.24) is 0 Å². The average Bonchev–Trinajstić information content (AvgIpc) is 2.64. The molecule has 0 spiro atoms. The van der Waals surface area contributed by atoms with E-state index in [-0.39, 0.29) is 0 Å². The van der Waals surface area contributed by atoms with Crippen molar-refractivity contribution in [2.75, 3.05) is 7.11 Å². The van der Waals surface area contributed by atoms with Gasteiger partial charge in [-0.25, -0.2) is 0 Å². The minimum absolute atomic E-state index is 0.744. The van der Waals surface area contributed by atoms with Crippen molar-refractivity contribution in [2.45, 2.75) is 30.5 Å². The van der Waals surface area contributed by atoms with E-state index in [0.717, 1.165) is 16.5 Å². The summed E-state index contributed by atoms with van der Waals surface area (Å²) >= 11 is 3.70. The number of methoxy groups -OCH3 is 1. The van der Waals surface area contributed by atoms with Gasteiger partial charge in [-0.2, -0.15) is 0 Å². The highest BCUT2D eigenvalue weighted by Gasteiger charge is 2.22. The molecule has 1 fully saturated rings. The maximum atomic E-state index is 5.23. The molecule has 1 aromatic carbocycles. The predicted molar refractivity (Wildman–Crippen MR) is 66.8 cm³/mol. The summed E-state index contributed by atoms with van der Waals surface area (Å²) < 4.78 is 5.23. The fourth-order valence-electron chi connectivity index (χ4n) is 2.33. The third kappa shape index (κ3) is 2.97. The third-order valence-electron chi connectivity index (χ3n) is 3.14. The second kappa shape index (κ2) is 5.02. The standard InChI is InChI=1S/C13H17BrO/c1-15-13-4-2-3-10(9-13)7-11-5-6-12(14)8-11/h2-4,9,11-12H,5-8H2,1H3. The van der Waals surface area contributed by atoms with Crippen LogP contribution in [0.3, 0.4) is 0 Å². The molecule has 0 aliphatic heterocycles. The van der Waals surface area contributed by atoms with Gasteiger partial charge in [0.25, 0.3) is 0 Å². The Morgan fingerprint density at radius 1 is 1.40 bits per heavy atom. The van der Waals surface area contributed by atoms with E-state index in [2.05, 4.69) is 34.1 Å². The van der Waals surface area contributed by atoms with E-state index in [9.17, 15) is 0 Å². The molecule has 1 aliphatic carbocycles. The summed E-state index contributed by atoms with van der Waals surface area (Å²) in [5.41, 5.74) is 1.40. The molecule has 2 unspecified atom stereocenters. The second-order valence-electron chi connectivity index (χ2n) is 4.33. The highest BCUT2D eigenvalue weighted by atomic mass is 79.9. The van der Waals surface area contributed by atoms with Crippen LogP contribution in [-0.2, 0) is 6.42 Å². The number of halogens is 1. The number of benzene rings is 1. The molecular formula is C13H17BrO. The summed E-state index contributed by atoms with van der Waals surface area (Å²) in [5.74, 6) is 1.82. The lowest BCUT2D eigenvalue weighted by molar-refractivity contribution is 0.413. The molecule has 0 aromatic heterocycles. The smallest absolute Gasteiger partial charge is 0.119 e. The molecule has 15 heavy (non-hydrogen) atoms. The molecule has 0 N–H and O–H groups in total. The van der Waals surface area contributed by atoms with Gasteiger partial charge in [-0.05, 0) is 49.3 Å². The Bertz CT molecular complexity index is 324. The monoisotopic (exact) mass is 268 g/mol. The largest absolute Gasteiger partial charge is 0.497 e. The Balaban J connectivity index is 1.98. The summed E-state index contributed by atoms with van der Waals surface area (Å²) in [4.78, 5) is 0.744. The lowest BCUT2D eigenvalue weighted by Gasteiger charge is -2.10. The van der Waals surface area contributed by atoms with Crippen molar-refractivity contribution >= 4 is 15.9 Å². The van der Waals surface area contributed by atoms with Crippen LogP contribution in [0.15, 0.2) is 24.3 Å². The van der Waals surface area contributed by atoms with Crippen molar-refractivity contribution in [3.05, 3.63) is 29.8 Å². The fourth-order valence-corrected chi connectivity index (χ4v) is 3.13. The predicted octanol–water partition coefficient (Wildman–Crippen LogP) is 3.80. The first-order valence-electron chi connectivity index (χ1n) is 5.55. The first-order valence-corrected chi connectivity index (χ1v) is 6.46. The molecule has 0 radical (unpaired) electrons. The molecule has 1 aliphatic rings. The first-order chi connectivity index (χ1) is 7.28. The number of hydrogen-bond donors (Lipinski definition) is 0. The second-order valence-corrected chi connectivity index (χ2v) is 5.63. The van der Waals surface area contributed by atoms with Gasteiger partial charge in [0.05, 0.1) is 7.11 Å². The molecule has 1 nitrogen and oxygen atoms in total. The van der Waals surface area contributed by atoms with Crippen LogP contribution < -0.4 is 4.74 Å². The van der Waals surface area contributed by atoms with E-state index in [1.807, 2.05) is 6.07 Å². The van der Waals surface area contributed by atoms with Gasteiger partial charge in [0.1, 0.15) is 5.75 Å². The fraction of sp³-hybridized carbons (Fsp3) is 0.538. The van der Waals surface area contributed by atoms with Crippen molar-refractivity contribution in [1.29, 1.82) is 0 Å². The number of rotatable bonds is 3. The Kier molecular flexibility index (Phi) is 3.68. The molecule has 0 bridgehead atoms. The van der Waals surface area contributed by atoms with Crippen molar-refractivity contribution in [3.8, 4) is 5.75 Å². The molecule has 1 saturated carbocycles. The first kappa shape index (κ1) is 11.0. The van der Waals surface area contributed by atoms with Crippen LogP contribution in [-0.4, -0.2) is 11.9 Å². The summed E-state index contributed by atoms with van der Waals surface area (Å²) in [6.45, 7) is 0. The van der Waals surface area contributed by atoms with Crippen LogP contribution in [0.25, 0.3) is 0 Å². The molecule has 2 atom stereocenters. The van der Waals surface area contributed by atoms with Gasteiger partial charge in [-0.1, -0.05) is 28.1 Å². The highest BCUT2D eigenvalue weighted by Crippen LogP contribution is 2.33. The Morgan fingerprint density at radius 2 is 2.27 bits per heavy atom. The quantitative estimate of drug-likeness (QED) is 0.758. The van der Waals surface area contributed by atoms with Crippen molar-refractivity contribution in [3.63, 3.8) is 0 Å². The van der Waals surface area contributed by atoms with E-state index >= 15 is 0 Å². The molecule has 0 saturated heterocycles. The molecule has 1 aromatic rings. The van der Waals surface area contributed by atoms with Crippen molar-refractivity contribution < 1.29 is 4.74 Å². The minimum atomic E-state index is 0.744. The molecule has 2 rings (SSSR count).